The van der Waals surface area contributed by atoms with Gasteiger partial charge in [0.2, 0.25) is 15.1 Å². The number of hydrogen-bond acceptors (Lipinski definition) is 5. The Kier molecular flexibility index (Phi) is 5.57. The van der Waals surface area contributed by atoms with Crippen molar-refractivity contribution >= 4 is 32.4 Å². The number of hydrogen-bond donors (Lipinski definition) is 1. The minimum absolute atomic E-state index is 0.0238. The first kappa shape index (κ1) is 20.5. The molecule has 0 aliphatic rings. The summed E-state index contributed by atoms with van der Waals surface area (Å²) in [4.78, 5) is 0.474. The smallest absolute Gasteiger partial charge is 0.238 e. The van der Waals surface area contributed by atoms with Crippen LogP contribution < -0.4 is 5.14 Å². The van der Waals surface area contributed by atoms with Crippen molar-refractivity contribution in [2.75, 3.05) is 0 Å². The molecule has 1 unspecified atom stereocenters. The maximum Gasteiger partial charge on any atom is 0.238 e. The van der Waals surface area contributed by atoms with Crippen LogP contribution in [0.25, 0.3) is 22.4 Å². The van der Waals surface area contributed by atoms with Gasteiger partial charge in [0.05, 0.1) is 10.5 Å². The molecule has 0 fully saturated rings. The summed E-state index contributed by atoms with van der Waals surface area (Å²) in [6, 6.07) is 21.8. The van der Waals surface area contributed by atoms with E-state index in [4.69, 9.17) is 21.3 Å². The normalized spacial score (nSPS) is 12.6. The number of nitrogens with two attached hydrogens (primary N) is 1. The van der Waals surface area contributed by atoms with Crippen molar-refractivity contribution in [2.24, 2.45) is 5.14 Å². The molecule has 0 amide bonds. The van der Waals surface area contributed by atoms with E-state index in [2.05, 4.69) is 5.16 Å². The van der Waals surface area contributed by atoms with Gasteiger partial charge in [0, 0.05) is 15.5 Å². The highest BCUT2D eigenvalue weighted by atomic mass is 35.5. The van der Waals surface area contributed by atoms with Crippen LogP contribution in [0.2, 0.25) is 5.02 Å². The van der Waals surface area contributed by atoms with Gasteiger partial charge in [-0.3, -0.25) is 0 Å². The molecule has 4 rings (SSSR count). The predicted molar refractivity (Wildman–Crippen MR) is 115 cm³/mol. The monoisotopic (exact) mass is 458 g/mol. The van der Waals surface area contributed by atoms with Crippen LogP contribution in [0.3, 0.4) is 0 Å². The number of halogens is 1. The van der Waals surface area contributed by atoms with Gasteiger partial charge in [-0.15, -0.1) is 0 Å². The summed E-state index contributed by atoms with van der Waals surface area (Å²) in [6.45, 7) is 0. The number of rotatable bonds is 5. The maximum atomic E-state index is 13.2. The minimum Gasteiger partial charge on any atom is -0.346 e. The van der Waals surface area contributed by atoms with Crippen molar-refractivity contribution < 1.29 is 17.1 Å². The van der Waals surface area contributed by atoms with Crippen molar-refractivity contribution in [3.8, 4) is 22.4 Å². The molecule has 0 aliphatic carbocycles. The maximum absolute atomic E-state index is 13.2. The first-order valence-corrected chi connectivity index (χ1v) is 11.8. The first-order valence-electron chi connectivity index (χ1n) is 8.70. The molecule has 0 radical (unpaired) electrons. The van der Waals surface area contributed by atoms with E-state index in [-0.39, 0.29) is 9.99 Å². The van der Waals surface area contributed by atoms with Crippen LogP contribution in [0.5, 0.6) is 0 Å². The lowest BCUT2D eigenvalue weighted by atomic mass is 10.0. The van der Waals surface area contributed by atoms with Crippen LogP contribution in [0.4, 0.5) is 0 Å². The SMILES string of the molecule is NS(=O)(=O)c1ccc(-c2c(-c3ccccc3)noc2S(=O)c2ccc(Cl)cc2)cc1. The van der Waals surface area contributed by atoms with Crippen LogP contribution in [0, 0.1) is 0 Å². The Labute approximate surface area is 180 Å². The molecule has 1 atom stereocenters. The largest absolute Gasteiger partial charge is 0.346 e. The lowest BCUT2D eigenvalue weighted by Crippen LogP contribution is -2.11. The van der Waals surface area contributed by atoms with Gasteiger partial charge in [-0.05, 0) is 42.0 Å². The molecule has 6 nitrogen and oxygen atoms in total. The molecule has 4 aromatic rings. The van der Waals surface area contributed by atoms with Crippen molar-refractivity contribution in [1.82, 2.24) is 5.16 Å². The lowest BCUT2D eigenvalue weighted by molar-refractivity contribution is 0.348. The standard InChI is InChI=1S/C21H15ClN2O4S2/c22-16-8-10-17(11-9-16)29(25)21-19(14-6-12-18(13-7-14)30(23,26)27)20(24-28-21)15-4-2-1-3-5-15/h1-13H,(H2,23,26,27). The second kappa shape index (κ2) is 8.16. The summed E-state index contributed by atoms with van der Waals surface area (Å²) in [5.74, 6) is 0. The Morgan fingerprint density at radius 2 is 1.50 bits per heavy atom. The third-order valence-electron chi connectivity index (χ3n) is 4.38. The average Bonchev–Trinajstić information content (AvgIpc) is 3.19. The fraction of sp³-hybridized carbons (Fsp3) is 0. The van der Waals surface area contributed by atoms with E-state index in [9.17, 15) is 12.6 Å². The Bertz CT molecular complexity index is 1320. The van der Waals surface area contributed by atoms with E-state index in [1.54, 1.807) is 36.4 Å². The molecule has 1 heterocycles. The fourth-order valence-electron chi connectivity index (χ4n) is 2.93. The van der Waals surface area contributed by atoms with Gasteiger partial charge < -0.3 is 4.52 Å². The van der Waals surface area contributed by atoms with Crippen molar-refractivity contribution in [1.29, 1.82) is 0 Å². The van der Waals surface area contributed by atoms with Gasteiger partial charge in [0.25, 0.3) is 0 Å². The van der Waals surface area contributed by atoms with Crippen LogP contribution in [-0.2, 0) is 20.8 Å². The molecule has 30 heavy (non-hydrogen) atoms. The Balaban J connectivity index is 1.89. The molecular formula is C21H15ClN2O4S2. The highest BCUT2D eigenvalue weighted by Gasteiger charge is 2.25. The van der Waals surface area contributed by atoms with Crippen LogP contribution in [0.15, 0.2) is 98.3 Å². The van der Waals surface area contributed by atoms with Gasteiger partial charge in [0.1, 0.15) is 16.5 Å². The molecule has 0 aliphatic heterocycles. The molecule has 0 spiro atoms. The zero-order valence-corrected chi connectivity index (χ0v) is 17.7. The first-order chi connectivity index (χ1) is 14.3. The summed E-state index contributed by atoms with van der Waals surface area (Å²) >= 11 is 5.93. The van der Waals surface area contributed by atoms with Gasteiger partial charge in [-0.25, -0.2) is 17.8 Å². The van der Waals surface area contributed by atoms with Crippen molar-refractivity contribution in [3.63, 3.8) is 0 Å². The van der Waals surface area contributed by atoms with Crippen molar-refractivity contribution in [3.05, 3.63) is 83.9 Å². The number of primary sulfonamides is 1. The zero-order chi connectivity index (χ0) is 21.3. The molecule has 9 heteroatoms. The van der Waals surface area contributed by atoms with E-state index in [1.807, 2.05) is 30.3 Å². The number of aromatic nitrogens is 1. The van der Waals surface area contributed by atoms with E-state index >= 15 is 0 Å². The fourth-order valence-corrected chi connectivity index (χ4v) is 4.67. The van der Waals surface area contributed by atoms with E-state index in [0.29, 0.717) is 26.7 Å². The van der Waals surface area contributed by atoms with Gasteiger partial charge >= 0.3 is 0 Å². The number of nitrogens with zero attached hydrogens (tertiary/aromatic N) is 1. The summed E-state index contributed by atoms with van der Waals surface area (Å²) in [5.41, 5.74) is 2.37. The molecule has 1 aromatic heterocycles. The van der Waals surface area contributed by atoms with E-state index < -0.39 is 20.8 Å². The average molecular weight is 459 g/mol. The number of benzene rings is 3. The van der Waals surface area contributed by atoms with Gasteiger partial charge in [0.15, 0.2) is 0 Å². The summed E-state index contributed by atoms with van der Waals surface area (Å²) in [5, 5.41) is 10.0. The lowest BCUT2D eigenvalue weighted by Gasteiger charge is -2.06. The van der Waals surface area contributed by atoms with E-state index in [0.717, 1.165) is 5.56 Å². The molecule has 0 bridgehead atoms. The topological polar surface area (TPSA) is 103 Å². The minimum atomic E-state index is -3.84. The van der Waals surface area contributed by atoms with Crippen LogP contribution in [-0.4, -0.2) is 17.8 Å². The molecule has 2 N–H and O–H groups in total. The van der Waals surface area contributed by atoms with Gasteiger partial charge in [-0.1, -0.05) is 59.2 Å². The molecule has 3 aromatic carbocycles. The molecule has 152 valence electrons. The predicted octanol–water partition coefficient (Wildman–Crippen LogP) is 4.48. The summed E-state index contributed by atoms with van der Waals surface area (Å²) in [6.07, 6.45) is 0. The Hall–Kier alpha value is -2.78. The molecule has 0 saturated heterocycles. The summed E-state index contributed by atoms with van der Waals surface area (Å²) in [7, 11) is -5.51. The van der Waals surface area contributed by atoms with E-state index in [1.165, 1.54) is 12.1 Å². The highest BCUT2D eigenvalue weighted by molar-refractivity contribution is 7.89. The van der Waals surface area contributed by atoms with Crippen LogP contribution >= 0.6 is 11.6 Å². The molecule has 0 saturated carbocycles. The Morgan fingerprint density at radius 1 is 0.867 bits per heavy atom. The Morgan fingerprint density at radius 3 is 2.10 bits per heavy atom. The number of sulfonamides is 1. The summed E-state index contributed by atoms with van der Waals surface area (Å²) < 4.78 is 42.0. The van der Waals surface area contributed by atoms with Gasteiger partial charge in [-0.2, -0.15) is 0 Å². The van der Waals surface area contributed by atoms with Crippen LogP contribution in [0.1, 0.15) is 0 Å². The molecular weight excluding hydrogens is 444 g/mol. The third kappa shape index (κ3) is 4.08. The zero-order valence-electron chi connectivity index (χ0n) is 15.4. The highest BCUT2D eigenvalue weighted by Crippen LogP contribution is 2.38. The van der Waals surface area contributed by atoms with Crippen molar-refractivity contribution in [2.45, 2.75) is 14.9 Å². The third-order valence-corrected chi connectivity index (χ3v) is 6.87. The quantitative estimate of drug-likeness (QED) is 0.475. The second-order valence-electron chi connectivity index (χ2n) is 6.35. The second-order valence-corrected chi connectivity index (χ2v) is 9.73.